The molecule has 0 aliphatic heterocycles. The Morgan fingerprint density at radius 1 is 1.10 bits per heavy atom. The summed E-state index contributed by atoms with van der Waals surface area (Å²) in [5.41, 5.74) is 1.93. The van der Waals surface area contributed by atoms with Crippen LogP contribution < -0.4 is 10.6 Å². The lowest BCUT2D eigenvalue weighted by atomic mass is 10.1. The van der Waals surface area contributed by atoms with Gasteiger partial charge in [-0.2, -0.15) is 5.10 Å². The normalized spacial score (nSPS) is 12.8. The van der Waals surface area contributed by atoms with Gasteiger partial charge in [0.15, 0.2) is 5.82 Å². The van der Waals surface area contributed by atoms with Crippen molar-refractivity contribution in [3.05, 3.63) is 66.0 Å². The van der Waals surface area contributed by atoms with Gasteiger partial charge in [-0.3, -0.25) is 18.9 Å². The van der Waals surface area contributed by atoms with Crippen LogP contribution in [0.3, 0.4) is 0 Å². The average Bonchev–Trinajstić information content (AvgIpc) is 3.14. The van der Waals surface area contributed by atoms with Crippen molar-refractivity contribution in [2.24, 2.45) is 0 Å². The van der Waals surface area contributed by atoms with Crippen molar-refractivity contribution in [1.82, 2.24) is 20.5 Å². The summed E-state index contributed by atoms with van der Waals surface area (Å²) >= 11 is 0. The molecule has 2 aromatic carbocycles. The predicted octanol–water partition coefficient (Wildman–Crippen LogP) is 1.95. The Kier molecular flexibility index (Phi) is 6.50. The first kappa shape index (κ1) is 20.4. The molecule has 3 rings (SSSR count). The van der Waals surface area contributed by atoms with E-state index in [0.29, 0.717) is 22.9 Å². The second-order valence-electron chi connectivity index (χ2n) is 6.46. The molecule has 0 saturated heterocycles. The lowest BCUT2D eigenvalue weighted by Gasteiger charge is -2.18. The minimum Gasteiger partial charge on any atom is -0.340 e. The summed E-state index contributed by atoms with van der Waals surface area (Å²) in [5, 5.41) is 12.1. The van der Waals surface area contributed by atoms with E-state index in [-0.39, 0.29) is 5.75 Å². The maximum Gasteiger partial charge on any atom is 0.313 e. The summed E-state index contributed by atoms with van der Waals surface area (Å²) in [6.07, 6.45) is 1.55. The Balaban J connectivity index is 1.70. The summed E-state index contributed by atoms with van der Waals surface area (Å²) < 4.78 is 11.7. The smallest absolute Gasteiger partial charge is 0.313 e. The highest BCUT2D eigenvalue weighted by Crippen LogP contribution is 2.19. The third kappa shape index (κ3) is 5.58. The fourth-order valence-electron chi connectivity index (χ4n) is 2.76. The number of nitrogens with one attached hydrogen (secondary N) is 3. The van der Waals surface area contributed by atoms with Crippen LogP contribution in [0.25, 0.3) is 11.4 Å². The zero-order chi connectivity index (χ0) is 20.8. The van der Waals surface area contributed by atoms with Crippen LogP contribution in [0.15, 0.2) is 54.6 Å². The lowest BCUT2D eigenvalue weighted by molar-refractivity contribution is -0.136. The summed E-state index contributed by atoms with van der Waals surface area (Å²) in [5.74, 6) is -0.228. The Morgan fingerprint density at radius 2 is 1.86 bits per heavy atom. The quantitative estimate of drug-likeness (QED) is 0.536. The van der Waals surface area contributed by atoms with E-state index in [0.717, 1.165) is 5.56 Å². The second kappa shape index (κ2) is 9.24. The number of amides is 2. The molecule has 2 amide bonds. The molecular weight excluding hydrogens is 390 g/mol. The zero-order valence-corrected chi connectivity index (χ0v) is 16.8. The molecule has 0 spiro atoms. The Morgan fingerprint density at radius 3 is 2.52 bits per heavy atom. The number of carbonyl (C=O) groups is 2. The van der Waals surface area contributed by atoms with Gasteiger partial charge >= 0.3 is 11.8 Å². The Bertz CT molecular complexity index is 1040. The molecule has 3 N–H and O–H groups in total. The van der Waals surface area contributed by atoms with E-state index in [1.165, 1.54) is 0 Å². The maximum atomic E-state index is 12.4. The molecule has 9 heteroatoms. The van der Waals surface area contributed by atoms with Crippen molar-refractivity contribution in [2.75, 3.05) is 17.3 Å². The number of aromatic amines is 1. The number of rotatable bonds is 6. The van der Waals surface area contributed by atoms with E-state index in [9.17, 15) is 13.8 Å². The third-order valence-electron chi connectivity index (χ3n) is 4.09. The van der Waals surface area contributed by atoms with Crippen LogP contribution >= 0.6 is 0 Å². The van der Waals surface area contributed by atoms with E-state index in [1.54, 1.807) is 37.4 Å². The standard InChI is InChI=1S/C20H21N5O3S/c1-13-21-18(25-24-13)15-9-6-10-16(11-15)22-19(26)20(27)23-17(12-29(2)28)14-7-4-3-5-8-14/h3-11,17H,12H2,1-2H3,(H,22,26)(H,23,27)(H,21,24,25)/t17-,29+/m1/s1. The molecule has 0 bridgehead atoms. The van der Waals surface area contributed by atoms with Crippen molar-refractivity contribution < 1.29 is 13.8 Å². The molecule has 0 fully saturated rings. The average molecular weight is 411 g/mol. The van der Waals surface area contributed by atoms with Crippen molar-refractivity contribution in [3.8, 4) is 11.4 Å². The van der Waals surface area contributed by atoms with E-state index in [1.807, 2.05) is 30.3 Å². The number of H-pyrrole nitrogens is 1. The molecule has 0 aliphatic rings. The van der Waals surface area contributed by atoms with Gasteiger partial charge in [0.1, 0.15) is 5.82 Å². The van der Waals surface area contributed by atoms with Crippen molar-refractivity contribution in [1.29, 1.82) is 0 Å². The summed E-state index contributed by atoms with van der Waals surface area (Å²) in [6.45, 7) is 1.79. The number of benzene rings is 2. The fourth-order valence-corrected chi connectivity index (χ4v) is 3.51. The number of aromatic nitrogens is 3. The van der Waals surface area contributed by atoms with Crippen LogP contribution in [-0.2, 0) is 20.4 Å². The first-order chi connectivity index (χ1) is 13.9. The van der Waals surface area contributed by atoms with E-state index in [2.05, 4.69) is 25.8 Å². The number of aryl methyl sites for hydroxylation is 1. The maximum absolute atomic E-state index is 12.4. The van der Waals surface area contributed by atoms with Crippen LogP contribution in [0.1, 0.15) is 17.4 Å². The Labute approximate surface area is 170 Å². The predicted molar refractivity (Wildman–Crippen MR) is 111 cm³/mol. The van der Waals surface area contributed by atoms with Gasteiger partial charge in [-0.25, -0.2) is 4.98 Å². The van der Waals surface area contributed by atoms with Gasteiger partial charge in [-0.1, -0.05) is 42.5 Å². The highest BCUT2D eigenvalue weighted by atomic mass is 32.2. The molecule has 8 nitrogen and oxygen atoms in total. The fraction of sp³-hybridized carbons (Fsp3) is 0.200. The largest absolute Gasteiger partial charge is 0.340 e. The van der Waals surface area contributed by atoms with Gasteiger partial charge in [0, 0.05) is 34.1 Å². The molecule has 2 atom stereocenters. The van der Waals surface area contributed by atoms with E-state index < -0.39 is 28.7 Å². The minimum atomic E-state index is -1.15. The monoisotopic (exact) mass is 411 g/mol. The van der Waals surface area contributed by atoms with Gasteiger partial charge in [0.05, 0.1) is 6.04 Å². The van der Waals surface area contributed by atoms with Crippen LogP contribution in [0.4, 0.5) is 5.69 Å². The molecule has 1 aromatic heterocycles. The number of carbonyl (C=O) groups excluding carboxylic acids is 2. The molecule has 29 heavy (non-hydrogen) atoms. The molecule has 0 saturated carbocycles. The lowest BCUT2D eigenvalue weighted by Crippen LogP contribution is -2.39. The highest BCUT2D eigenvalue weighted by Gasteiger charge is 2.21. The van der Waals surface area contributed by atoms with Crippen molar-refractivity contribution in [3.63, 3.8) is 0 Å². The van der Waals surface area contributed by atoms with E-state index in [4.69, 9.17) is 0 Å². The minimum absolute atomic E-state index is 0.211. The van der Waals surface area contributed by atoms with Crippen LogP contribution in [-0.4, -0.2) is 43.2 Å². The first-order valence-corrected chi connectivity index (χ1v) is 10.6. The van der Waals surface area contributed by atoms with Crippen LogP contribution in [0, 0.1) is 6.92 Å². The van der Waals surface area contributed by atoms with Crippen LogP contribution in [0.5, 0.6) is 0 Å². The highest BCUT2D eigenvalue weighted by molar-refractivity contribution is 7.84. The van der Waals surface area contributed by atoms with Gasteiger partial charge < -0.3 is 10.6 Å². The molecule has 3 aromatic rings. The molecule has 0 aliphatic carbocycles. The number of nitrogens with zero attached hydrogens (tertiary/aromatic N) is 2. The van der Waals surface area contributed by atoms with Gasteiger partial charge in [-0.15, -0.1) is 0 Å². The summed E-state index contributed by atoms with van der Waals surface area (Å²) in [4.78, 5) is 29.0. The molecule has 150 valence electrons. The molecular formula is C20H21N5O3S. The molecule has 1 heterocycles. The van der Waals surface area contributed by atoms with Gasteiger partial charge in [0.25, 0.3) is 0 Å². The molecule has 0 radical (unpaired) electrons. The van der Waals surface area contributed by atoms with Crippen molar-refractivity contribution in [2.45, 2.75) is 13.0 Å². The molecule has 0 unspecified atom stereocenters. The topological polar surface area (TPSA) is 117 Å². The second-order valence-corrected chi connectivity index (χ2v) is 7.94. The van der Waals surface area contributed by atoms with Gasteiger partial charge in [-0.05, 0) is 24.6 Å². The summed E-state index contributed by atoms with van der Waals surface area (Å²) in [7, 11) is -1.15. The Hall–Kier alpha value is -3.33. The van der Waals surface area contributed by atoms with E-state index >= 15 is 0 Å². The SMILES string of the molecule is Cc1nc(-c2cccc(NC(=O)C(=O)N[C@H](C[S@](C)=O)c3ccccc3)c2)n[nH]1. The first-order valence-electron chi connectivity index (χ1n) is 8.88. The number of hydrogen-bond acceptors (Lipinski definition) is 5. The number of anilines is 1. The number of hydrogen-bond donors (Lipinski definition) is 3. The third-order valence-corrected chi connectivity index (χ3v) is 4.89. The summed E-state index contributed by atoms with van der Waals surface area (Å²) in [6, 6.07) is 15.5. The van der Waals surface area contributed by atoms with Crippen LogP contribution in [0.2, 0.25) is 0 Å². The van der Waals surface area contributed by atoms with Gasteiger partial charge in [0.2, 0.25) is 0 Å². The van der Waals surface area contributed by atoms with Crippen molar-refractivity contribution >= 4 is 28.3 Å². The zero-order valence-electron chi connectivity index (χ0n) is 16.0.